The first-order valence-electron chi connectivity index (χ1n) is 4.69. The van der Waals surface area contributed by atoms with Gasteiger partial charge in [-0.25, -0.2) is 4.79 Å². The molecule has 2 rings (SSSR count). The lowest BCUT2D eigenvalue weighted by atomic mass is 10.4. The maximum absolute atomic E-state index is 11.2. The Bertz CT molecular complexity index is 546. The second-order valence-electron chi connectivity index (χ2n) is 3.28. The summed E-state index contributed by atoms with van der Waals surface area (Å²) < 4.78 is 4.88. The molecule has 0 spiro atoms. The average molecular weight is 253 g/mol. The largest absolute Gasteiger partial charge is 0.428 e. The molecule has 0 saturated carbocycles. The van der Waals surface area contributed by atoms with Crippen LogP contribution in [0.25, 0.3) is 0 Å². The molecular formula is C12H9ClO2S. The molecule has 0 radical (unpaired) electrons. The zero-order valence-corrected chi connectivity index (χ0v) is 10.1. The van der Waals surface area contributed by atoms with Crippen LogP contribution in [0.3, 0.4) is 0 Å². The lowest BCUT2D eigenvalue weighted by Gasteiger charge is -2.01. The molecule has 82 valence electrons. The molecule has 0 unspecified atom stereocenters. The zero-order valence-electron chi connectivity index (χ0n) is 8.57. The summed E-state index contributed by atoms with van der Waals surface area (Å²) in [7, 11) is 0. The minimum Gasteiger partial charge on any atom is -0.428 e. The third-order valence-electron chi connectivity index (χ3n) is 1.92. The summed E-state index contributed by atoms with van der Waals surface area (Å²) in [4.78, 5) is 13.1. The van der Waals surface area contributed by atoms with Crippen LogP contribution in [0.15, 0.2) is 55.4 Å². The van der Waals surface area contributed by atoms with Crippen molar-refractivity contribution in [2.45, 2.75) is 16.7 Å². The van der Waals surface area contributed by atoms with Crippen molar-refractivity contribution in [1.29, 1.82) is 0 Å². The summed E-state index contributed by atoms with van der Waals surface area (Å²) in [6.07, 6.45) is 0. The van der Waals surface area contributed by atoms with Gasteiger partial charge in [-0.15, -0.1) is 0 Å². The SMILES string of the molecule is Cc1cc(Sc2ccc(Cl)cc2)cc(=O)o1. The molecule has 0 aliphatic rings. The van der Waals surface area contributed by atoms with E-state index in [4.69, 9.17) is 16.0 Å². The highest BCUT2D eigenvalue weighted by Gasteiger charge is 2.01. The molecule has 1 heterocycles. The third kappa shape index (κ3) is 2.90. The van der Waals surface area contributed by atoms with Crippen molar-refractivity contribution in [1.82, 2.24) is 0 Å². The van der Waals surface area contributed by atoms with Crippen molar-refractivity contribution in [2.24, 2.45) is 0 Å². The van der Waals surface area contributed by atoms with E-state index in [0.29, 0.717) is 10.8 Å². The van der Waals surface area contributed by atoms with Crippen LogP contribution in [0.1, 0.15) is 5.76 Å². The van der Waals surface area contributed by atoms with Gasteiger partial charge >= 0.3 is 5.63 Å². The molecule has 16 heavy (non-hydrogen) atoms. The van der Waals surface area contributed by atoms with Crippen LogP contribution < -0.4 is 5.63 Å². The summed E-state index contributed by atoms with van der Waals surface area (Å²) in [5.74, 6) is 0.615. The minimum atomic E-state index is -0.323. The summed E-state index contributed by atoms with van der Waals surface area (Å²) in [6.45, 7) is 1.76. The normalized spacial score (nSPS) is 10.4. The van der Waals surface area contributed by atoms with Gasteiger partial charge in [-0.1, -0.05) is 23.4 Å². The Hall–Kier alpha value is -1.19. The van der Waals surface area contributed by atoms with Gasteiger partial charge in [-0.3, -0.25) is 0 Å². The highest BCUT2D eigenvalue weighted by molar-refractivity contribution is 7.99. The van der Waals surface area contributed by atoms with Gasteiger partial charge in [0.1, 0.15) is 5.76 Å². The van der Waals surface area contributed by atoms with E-state index in [0.717, 1.165) is 9.79 Å². The smallest absolute Gasteiger partial charge is 0.336 e. The molecule has 4 heteroatoms. The number of rotatable bonds is 2. The van der Waals surface area contributed by atoms with E-state index in [-0.39, 0.29) is 5.63 Å². The Balaban J connectivity index is 2.26. The van der Waals surface area contributed by atoms with E-state index >= 15 is 0 Å². The lowest BCUT2D eigenvalue weighted by Crippen LogP contribution is -1.97. The standard InChI is InChI=1S/C12H9ClO2S/c1-8-6-11(7-12(14)15-8)16-10-4-2-9(13)3-5-10/h2-7H,1H3. The second-order valence-corrected chi connectivity index (χ2v) is 4.86. The van der Waals surface area contributed by atoms with Crippen molar-refractivity contribution in [2.75, 3.05) is 0 Å². The first-order valence-corrected chi connectivity index (χ1v) is 5.88. The maximum Gasteiger partial charge on any atom is 0.336 e. The van der Waals surface area contributed by atoms with Crippen LogP contribution >= 0.6 is 23.4 Å². The quantitative estimate of drug-likeness (QED) is 0.815. The molecule has 0 aliphatic heterocycles. The Kier molecular flexibility index (Phi) is 3.36. The van der Waals surface area contributed by atoms with Gasteiger partial charge in [0.25, 0.3) is 0 Å². The van der Waals surface area contributed by atoms with Gasteiger partial charge in [0.2, 0.25) is 0 Å². The average Bonchev–Trinajstić information content (AvgIpc) is 2.20. The number of halogens is 1. The highest BCUT2D eigenvalue weighted by Crippen LogP contribution is 2.27. The lowest BCUT2D eigenvalue weighted by molar-refractivity contribution is 0.475. The molecule has 0 fully saturated rings. The molecule has 2 aromatic rings. The summed E-state index contributed by atoms with van der Waals surface area (Å²) in [5.41, 5.74) is -0.323. The summed E-state index contributed by atoms with van der Waals surface area (Å²) in [5, 5.41) is 0.702. The Labute approximate surface area is 102 Å². The van der Waals surface area contributed by atoms with Gasteiger partial charge < -0.3 is 4.42 Å². The van der Waals surface area contributed by atoms with E-state index in [1.807, 2.05) is 30.3 Å². The van der Waals surface area contributed by atoms with E-state index < -0.39 is 0 Å². The molecule has 1 aromatic carbocycles. The molecule has 0 aliphatic carbocycles. The predicted molar refractivity (Wildman–Crippen MR) is 65.3 cm³/mol. The van der Waals surface area contributed by atoms with Crippen LogP contribution in [-0.2, 0) is 0 Å². The molecule has 0 N–H and O–H groups in total. The number of benzene rings is 1. The van der Waals surface area contributed by atoms with Crippen molar-refractivity contribution >= 4 is 23.4 Å². The predicted octanol–water partition coefficient (Wildman–Crippen LogP) is 3.75. The van der Waals surface area contributed by atoms with Crippen molar-refractivity contribution in [3.8, 4) is 0 Å². The van der Waals surface area contributed by atoms with Crippen molar-refractivity contribution in [3.63, 3.8) is 0 Å². The molecule has 0 saturated heterocycles. The molecule has 0 amide bonds. The van der Waals surface area contributed by atoms with Crippen molar-refractivity contribution in [3.05, 3.63) is 57.6 Å². The first kappa shape index (κ1) is 11.3. The highest BCUT2D eigenvalue weighted by atomic mass is 35.5. The summed E-state index contributed by atoms with van der Waals surface area (Å²) in [6, 6.07) is 10.8. The zero-order chi connectivity index (χ0) is 11.5. The maximum atomic E-state index is 11.2. The van der Waals surface area contributed by atoms with Gasteiger partial charge in [0, 0.05) is 20.9 Å². The van der Waals surface area contributed by atoms with Gasteiger partial charge in [-0.2, -0.15) is 0 Å². The molecular weight excluding hydrogens is 244 g/mol. The fraction of sp³-hybridized carbons (Fsp3) is 0.0833. The van der Waals surface area contributed by atoms with Gasteiger partial charge in [0.05, 0.1) is 0 Å². The number of hydrogen-bond acceptors (Lipinski definition) is 3. The van der Waals surface area contributed by atoms with E-state index in [2.05, 4.69) is 0 Å². The fourth-order valence-electron chi connectivity index (χ4n) is 1.27. The number of aryl methyl sites for hydroxylation is 1. The molecule has 0 bridgehead atoms. The van der Waals surface area contributed by atoms with Crippen LogP contribution in [0.5, 0.6) is 0 Å². The fourth-order valence-corrected chi connectivity index (χ4v) is 2.32. The minimum absolute atomic E-state index is 0.323. The van der Waals surface area contributed by atoms with Crippen LogP contribution in [0.2, 0.25) is 5.02 Å². The first-order chi connectivity index (χ1) is 7.63. The molecule has 0 atom stereocenters. The van der Waals surface area contributed by atoms with E-state index in [9.17, 15) is 4.79 Å². The Morgan fingerprint density at radius 1 is 1.12 bits per heavy atom. The second kappa shape index (κ2) is 4.76. The van der Waals surface area contributed by atoms with Gasteiger partial charge in [0.15, 0.2) is 0 Å². The van der Waals surface area contributed by atoms with Crippen LogP contribution in [0.4, 0.5) is 0 Å². The molecule has 1 aromatic heterocycles. The van der Waals surface area contributed by atoms with Crippen LogP contribution in [0, 0.1) is 6.92 Å². The van der Waals surface area contributed by atoms with E-state index in [1.165, 1.54) is 17.8 Å². The molecule has 2 nitrogen and oxygen atoms in total. The monoisotopic (exact) mass is 252 g/mol. The topological polar surface area (TPSA) is 30.2 Å². The van der Waals surface area contributed by atoms with E-state index in [1.54, 1.807) is 6.92 Å². The van der Waals surface area contributed by atoms with Crippen LogP contribution in [-0.4, -0.2) is 0 Å². The van der Waals surface area contributed by atoms with Crippen molar-refractivity contribution < 1.29 is 4.42 Å². The van der Waals surface area contributed by atoms with Gasteiger partial charge in [-0.05, 0) is 37.3 Å². The summed E-state index contributed by atoms with van der Waals surface area (Å²) >= 11 is 7.30. The number of hydrogen-bond donors (Lipinski definition) is 0. The third-order valence-corrected chi connectivity index (χ3v) is 3.15. The Morgan fingerprint density at radius 3 is 2.44 bits per heavy atom. The Morgan fingerprint density at radius 2 is 1.81 bits per heavy atom.